The zero-order valence-corrected chi connectivity index (χ0v) is 15.7. The molecule has 0 bridgehead atoms. The minimum Gasteiger partial charge on any atom is -0.226 e. The van der Waals surface area contributed by atoms with Gasteiger partial charge in [0.05, 0.1) is 19.2 Å². The van der Waals surface area contributed by atoms with E-state index in [-0.39, 0.29) is 5.82 Å². The van der Waals surface area contributed by atoms with Crippen LogP contribution in [-0.4, -0.2) is 4.57 Å². The van der Waals surface area contributed by atoms with E-state index in [1.54, 1.807) is 12.1 Å². The van der Waals surface area contributed by atoms with Crippen molar-refractivity contribution >= 4 is 11.0 Å². The largest absolute Gasteiger partial charge is 0.289 e. The fraction of sp³-hybridized carbons (Fsp3) is 0.435. The monoisotopic (exact) mass is 349 g/mol. The zero-order valence-electron chi connectivity index (χ0n) is 15.7. The van der Waals surface area contributed by atoms with Crippen LogP contribution in [0.3, 0.4) is 0 Å². The Balaban J connectivity index is 1.78. The Bertz CT molecular complexity index is 1010. The average molecular weight is 349 g/mol. The van der Waals surface area contributed by atoms with Gasteiger partial charge < -0.3 is 0 Å². The molecule has 0 N–H and O–H groups in total. The Labute approximate surface area is 154 Å². The normalized spacial score (nSPS) is 17.3. The molecular weight excluding hydrogens is 323 g/mol. The van der Waals surface area contributed by atoms with Crippen LogP contribution >= 0.6 is 0 Å². The molecule has 1 fully saturated rings. The number of aromatic nitrogens is 2. The summed E-state index contributed by atoms with van der Waals surface area (Å²) < 4.78 is 18.4. The van der Waals surface area contributed by atoms with Crippen LogP contribution in [0.25, 0.3) is 22.4 Å². The van der Waals surface area contributed by atoms with Crippen molar-refractivity contribution in [2.75, 3.05) is 0 Å². The number of nitrogens with zero attached hydrogens (tertiary/aromatic N) is 2. The molecule has 0 spiro atoms. The van der Waals surface area contributed by atoms with E-state index in [9.17, 15) is 4.39 Å². The second-order valence-electron chi connectivity index (χ2n) is 8.13. The number of hydrogen-bond acceptors (Lipinski definition) is 0. The van der Waals surface area contributed by atoms with E-state index < -0.39 is 0 Å². The van der Waals surface area contributed by atoms with Crippen LogP contribution in [0.5, 0.6) is 0 Å². The Morgan fingerprint density at radius 3 is 2.65 bits per heavy atom. The minimum absolute atomic E-state index is 0.159. The van der Waals surface area contributed by atoms with Crippen LogP contribution in [0.15, 0.2) is 30.3 Å². The molecule has 5 rings (SSSR count). The lowest BCUT2D eigenvalue weighted by atomic mass is 9.93. The quantitative estimate of drug-likeness (QED) is 0.563. The highest BCUT2D eigenvalue weighted by Gasteiger charge is 2.31. The molecule has 0 saturated heterocycles. The van der Waals surface area contributed by atoms with Gasteiger partial charge in [-0.05, 0) is 73.9 Å². The summed E-state index contributed by atoms with van der Waals surface area (Å²) in [6.07, 6.45) is 7.75. The molecule has 26 heavy (non-hydrogen) atoms. The Morgan fingerprint density at radius 1 is 1.08 bits per heavy atom. The highest BCUT2D eigenvalue weighted by Crippen LogP contribution is 2.38. The van der Waals surface area contributed by atoms with Gasteiger partial charge in [-0.25, -0.2) is 13.5 Å². The van der Waals surface area contributed by atoms with E-state index in [0.717, 1.165) is 23.6 Å². The van der Waals surface area contributed by atoms with Gasteiger partial charge in [0.1, 0.15) is 5.82 Å². The second kappa shape index (κ2) is 5.94. The van der Waals surface area contributed by atoms with Crippen molar-refractivity contribution in [2.45, 2.75) is 57.9 Å². The van der Waals surface area contributed by atoms with Crippen molar-refractivity contribution in [3.63, 3.8) is 0 Å². The standard InChI is InChI=1S/C23H26FN2/c1-15-12-19(24)9-10-20(15)23-25(2)21-14-18(16-6-3-4-7-16)13-17-8-5-11-26(23)22(17)21/h9-10,12-14,16H,3-8,11H2,1-2H3/q+1. The van der Waals surface area contributed by atoms with Gasteiger partial charge in [0.25, 0.3) is 5.82 Å². The van der Waals surface area contributed by atoms with Gasteiger partial charge >= 0.3 is 0 Å². The van der Waals surface area contributed by atoms with Crippen LogP contribution in [0.4, 0.5) is 4.39 Å². The third-order valence-electron chi connectivity index (χ3n) is 6.48. The predicted octanol–water partition coefficient (Wildman–Crippen LogP) is 5.18. The van der Waals surface area contributed by atoms with Crippen LogP contribution in [0.2, 0.25) is 0 Å². The van der Waals surface area contributed by atoms with Crippen LogP contribution in [0, 0.1) is 12.7 Å². The van der Waals surface area contributed by atoms with Gasteiger partial charge in [0.2, 0.25) is 0 Å². The summed E-state index contributed by atoms with van der Waals surface area (Å²) in [6, 6.07) is 10.1. The summed E-state index contributed by atoms with van der Waals surface area (Å²) >= 11 is 0. The molecular formula is C23H26FN2+. The smallest absolute Gasteiger partial charge is 0.226 e. The SMILES string of the molecule is Cc1cc(F)ccc1-c1n(C)c2cc(C3CCCC3)cc3c2[n+]1CCC3. The lowest BCUT2D eigenvalue weighted by molar-refractivity contribution is -0.664. The molecule has 0 amide bonds. The molecule has 1 saturated carbocycles. The van der Waals surface area contributed by atoms with Gasteiger partial charge in [-0.15, -0.1) is 0 Å². The third kappa shape index (κ3) is 2.33. The van der Waals surface area contributed by atoms with E-state index in [0.29, 0.717) is 0 Å². The summed E-state index contributed by atoms with van der Waals surface area (Å²) in [4.78, 5) is 0. The maximum atomic E-state index is 13.6. The van der Waals surface area contributed by atoms with E-state index >= 15 is 0 Å². The van der Waals surface area contributed by atoms with E-state index in [1.807, 2.05) is 13.0 Å². The molecule has 2 heterocycles. The molecule has 0 radical (unpaired) electrons. The summed E-state index contributed by atoms with van der Waals surface area (Å²) in [7, 11) is 2.17. The van der Waals surface area contributed by atoms with Crippen molar-refractivity contribution in [1.82, 2.24) is 4.57 Å². The van der Waals surface area contributed by atoms with Gasteiger partial charge in [0.15, 0.2) is 11.0 Å². The van der Waals surface area contributed by atoms with Crippen LogP contribution in [-0.2, 0) is 20.0 Å². The first-order valence-corrected chi connectivity index (χ1v) is 9.95. The molecule has 1 aliphatic heterocycles. The number of aryl methyl sites for hydroxylation is 4. The molecule has 2 aromatic carbocycles. The van der Waals surface area contributed by atoms with Crippen molar-refractivity contribution in [3.8, 4) is 11.4 Å². The van der Waals surface area contributed by atoms with Gasteiger partial charge in [0, 0.05) is 5.56 Å². The van der Waals surface area contributed by atoms with E-state index in [1.165, 1.54) is 66.5 Å². The number of halogens is 1. The maximum absolute atomic E-state index is 13.6. The second-order valence-corrected chi connectivity index (χ2v) is 8.13. The molecule has 0 atom stereocenters. The van der Waals surface area contributed by atoms with Gasteiger partial charge in [-0.1, -0.05) is 18.9 Å². The van der Waals surface area contributed by atoms with Crippen LogP contribution < -0.4 is 4.57 Å². The summed E-state index contributed by atoms with van der Waals surface area (Å²) in [5.41, 5.74) is 7.89. The lowest BCUT2D eigenvalue weighted by Crippen LogP contribution is -2.39. The van der Waals surface area contributed by atoms with Crippen LogP contribution in [0.1, 0.15) is 54.7 Å². The molecule has 2 aliphatic rings. The fourth-order valence-corrected chi connectivity index (χ4v) is 5.21. The Kier molecular flexibility index (Phi) is 3.66. The summed E-state index contributed by atoms with van der Waals surface area (Å²) in [5, 5.41) is 0. The number of benzene rings is 2. The first-order chi connectivity index (χ1) is 12.6. The predicted molar refractivity (Wildman–Crippen MR) is 103 cm³/mol. The number of rotatable bonds is 2. The molecule has 134 valence electrons. The van der Waals surface area contributed by atoms with Crippen molar-refractivity contribution in [3.05, 3.63) is 52.8 Å². The Hall–Kier alpha value is -2.16. The Morgan fingerprint density at radius 2 is 1.88 bits per heavy atom. The number of imidazole rings is 1. The topological polar surface area (TPSA) is 8.81 Å². The van der Waals surface area contributed by atoms with E-state index in [4.69, 9.17) is 0 Å². The van der Waals surface area contributed by atoms with Crippen molar-refractivity contribution < 1.29 is 8.96 Å². The fourth-order valence-electron chi connectivity index (χ4n) is 5.21. The van der Waals surface area contributed by atoms with Gasteiger partial charge in [-0.3, -0.25) is 0 Å². The van der Waals surface area contributed by atoms with Gasteiger partial charge in [-0.2, -0.15) is 0 Å². The first-order valence-electron chi connectivity index (χ1n) is 9.95. The number of hydrogen-bond donors (Lipinski definition) is 0. The minimum atomic E-state index is -0.159. The summed E-state index contributed by atoms with van der Waals surface area (Å²) in [6.45, 7) is 3.05. The maximum Gasteiger partial charge on any atom is 0.289 e. The van der Waals surface area contributed by atoms with Crippen molar-refractivity contribution in [2.24, 2.45) is 7.05 Å². The zero-order chi connectivity index (χ0) is 17.8. The molecule has 0 unspecified atom stereocenters. The molecule has 1 aromatic heterocycles. The molecule has 1 aliphatic carbocycles. The summed E-state index contributed by atoms with van der Waals surface area (Å²) in [5.74, 6) is 1.78. The average Bonchev–Trinajstić information content (AvgIpc) is 3.25. The first kappa shape index (κ1) is 16.0. The highest BCUT2D eigenvalue weighted by molar-refractivity contribution is 5.81. The third-order valence-corrected chi connectivity index (χ3v) is 6.48. The molecule has 2 nitrogen and oxygen atoms in total. The van der Waals surface area contributed by atoms with Crippen molar-refractivity contribution in [1.29, 1.82) is 0 Å². The molecule has 3 aromatic rings. The van der Waals surface area contributed by atoms with E-state index in [2.05, 4.69) is 28.3 Å². The lowest BCUT2D eigenvalue weighted by Gasteiger charge is -2.15. The highest BCUT2D eigenvalue weighted by atomic mass is 19.1. The molecule has 3 heteroatoms.